The number of thiophene rings is 2. The Morgan fingerprint density at radius 1 is 0.962 bits per heavy atom. The predicted molar refractivity (Wildman–Crippen MR) is 108 cm³/mol. The zero-order valence-electron chi connectivity index (χ0n) is 14.5. The summed E-state index contributed by atoms with van der Waals surface area (Å²) >= 11 is 3.44. The third-order valence-corrected chi connectivity index (χ3v) is 7.62. The Bertz CT molecular complexity index is 956. The molecule has 0 spiro atoms. The van der Waals surface area contributed by atoms with E-state index >= 15 is 0 Å². The molecule has 134 valence electrons. The van der Waals surface area contributed by atoms with E-state index in [9.17, 15) is 4.79 Å². The van der Waals surface area contributed by atoms with Gasteiger partial charge in [-0.3, -0.25) is 4.79 Å². The van der Waals surface area contributed by atoms with Crippen molar-refractivity contribution in [2.24, 2.45) is 0 Å². The maximum Gasteiger partial charge on any atom is 0.160 e. The molecule has 5 nitrogen and oxygen atoms in total. The molecule has 0 bridgehead atoms. The van der Waals surface area contributed by atoms with E-state index in [4.69, 9.17) is 0 Å². The molecular formula is C19H20N4OS2. The predicted octanol–water partition coefficient (Wildman–Crippen LogP) is 3.77. The Balaban J connectivity index is 1.41. The minimum Gasteiger partial charge on any atom is -0.360 e. The Labute approximate surface area is 160 Å². The normalized spacial score (nSPS) is 17.5. The van der Waals surface area contributed by atoms with Crippen LogP contribution in [0.2, 0.25) is 0 Å². The second-order valence-electron chi connectivity index (χ2n) is 6.86. The van der Waals surface area contributed by atoms with Gasteiger partial charge in [0.25, 0.3) is 0 Å². The lowest BCUT2D eigenvalue weighted by atomic mass is 9.97. The third kappa shape index (κ3) is 2.70. The summed E-state index contributed by atoms with van der Waals surface area (Å²) in [6.45, 7) is 3.81. The van der Waals surface area contributed by atoms with Gasteiger partial charge >= 0.3 is 0 Å². The van der Waals surface area contributed by atoms with Gasteiger partial charge in [-0.25, -0.2) is 9.97 Å². The van der Waals surface area contributed by atoms with Crippen LogP contribution in [0.1, 0.15) is 33.0 Å². The molecule has 0 radical (unpaired) electrons. The average molecular weight is 385 g/mol. The summed E-state index contributed by atoms with van der Waals surface area (Å²) in [6, 6.07) is 3.97. The van der Waals surface area contributed by atoms with Crippen molar-refractivity contribution in [2.75, 3.05) is 36.0 Å². The largest absolute Gasteiger partial charge is 0.360 e. The number of carbonyl (C=O) groups excluding carboxylic acids is 1. The zero-order valence-corrected chi connectivity index (χ0v) is 16.1. The molecule has 0 atom stereocenters. The van der Waals surface area contributed by atoms with Gasteiger partial charge in [0.05, 0.1) is 15.3 Å². The van der Waals surface area contributed by atoms with Gasteiger partial charge in [0.1, 0.15) is 17.0 Å². The molecule has 4 heterocycles. The summed E-state index contributed by atoms with van der Waals surface area (Å²) in [5, 5.41) is 2.49. The van der Waals surface area contributed by atoms with Gasteiger partial charge in [0.2, 0.25) is 0 Å². The minimum atomic E-state index is 0.796. The van der Waals surface area contributed by atoms with Gasteiger partial charge in [-0.1, -0.05) is 0 Å². The molecule has 1 fully saturated rings. The van der Waals surface area contributed by atoms with Crippen molar-refractivity contribution in [3.8, 4) is 0 Å². The molecule has 3 aromatic rings. The van der Waals surface area contributed by atoms with E-state index in [1.807, 2.05) is 17.4 Å². The smallest absolute Gasteiger partial charge is 0.160 e. The minimum absolute atomic E-state index is 0.796. The Morgan fingerprint density at radius 3 is 2.58 bits per heavy atom. The van der Waals surface area contributed by atoms with Crippen LogP contribution >= 0.6 is 22.7 Å². The number of piperazine rings is 1. The maximum absolute atomic E-state index is 10.9. The molecular weight excluding hydrogens is 364 g/mol. The number of carbonyl (C=O) groups is 1. The SMILES string of the molecule is O=Cc1ccc(N2CCN(c3ncnc4sc5c(c34)CCCC5)CC2)s1. The number of aromatic nitrogens is 2. The first kappa shape index (κ1) is 16.2. The van der Waals surface area contributed by atoms with Crippen LogP contribution in [0.5, 0.6) is 0 Å². The van der Waals surface area contributed by atoms with Gasteiger partial charge in [-0.15, -0.1) is 22.7 Å². The average Bonchev–Trinajstić information content (AvgIpc) is 3.32. The highest BCUT2D eigenvalue weighted by Crippen LogP contribution is 2.39. The van der Waals surface area contributed by atoms with Crippen molar-refractivity contribution in [3.05, 3.63) is 33.8 Å². The summed E-state index contributed by atoms with van der Waals surface area (Å²) < 4.78 is 0. The van der Waals surface area contributed by atoms with Crippen molar-refractivity contribution in [1.29, 1.82) is 0 Å². The molecule has 0 amide bonds. The molecule has 26 heavy (non-hydrogen) atoms. The molecule has 1 saturated heterocycles. The molecule has 7 heteroatoms. The third-order valence-electron chi connectivity index (χ3n) is 5.35. The maximum atomic E-state index is 10.9. The molecule has 0 N–H and O–H groups in total. The van der Waals surface area contributed by atoms with Crippen molar-refractivity contribution < 1.29 is 4.79 Å². The fourth-order valence-corrected chi connectivity index (χ4v) is 6.12. The van der Waals surface area contributed by atoms with Gasteiger partial charge in [0, 0.05) is 31.1 Å². The topological polar surface area (TPSA) is 49.3 Å². The van der Waals surface area contributed by atoms with Crippen molar-refractivity contribution in [2.45, 2.75) is 25.7 Å². The molecule has 1 aliphatic heterocycles. The molecule has 5 rings (SSSR count). The molecule has 1 aliphatic carbocycles. The van der Waals surface area contributed by atoms with Crippen LogP contribution in [0.4, 0.5) is 10.8 Å². The highest BCUT2D eigenvalue weighted by molar-refractivity contribution is 7.19. The quantitative estimate of drug-likeness (QED) is 0.644. The molecule has 0 saturated carbocycles. The van der Waals surface area contributed by atoms with Crippen LogP contribution in [-0.4, -0.2) is 42.4 Å². The summed E-state index contributed by atoms with van der Waals surface area (Å²) in [6.07, 6.45) is 7.59. The van der Waals surface area contributed by atoms with Crippen LogP contribution in [0.15, 0.2) is 18.5 Å². The van der Waals surface area contributed by atoms with Gasteiger partial charge < -0.3 is 9.80 Å². The van der Waals surface area contributed by atoms with Crippen molar-refractivity contribution in [1.82, 2.24) is 9.97 Å². The number of nitrogens with zero attached hydrogens (tertiary/aromatic N) is 4. The summed E-state index contributed by atoms with van der Waals surface area (Å²) in [7, 11) is 0. The van der Waals surface area contributed by atoms with E-state index in [1.165, 1.54) is 46.5 Å². The number of aryl methyl sites for hydroxylation is 2. The lowest BCUT2D eigenvalue weighted by Crippen LogP contribution is -2.46. The van der Waals surface area contributed by atoms with Gasteiger partial charge in [0.15, 0.2) is 6.29 Å². The Morgan fingerprint density at radius 2 is 1.77 bits per heavy atom. The molecule has 0 aromatic carbocycles. The van der Waals surface area contributed by atoms with Crippen LogP contribution in [0, 0.1) is 0 Å². The fraction of sp³-hybridized carbons (Fsp3) is 0.421. The number of hydrogen-bond donors (Lipinski definition) is 0. The molecule has 0 unspecified atom stereocenters. The van der Waals surface area contributed by atoms with Gasteiger partial charge in [-0.2, -0.15) is 0 Å². The molecule has 2 aliphatic rings. The van der Waals surface area contributed by atoms with Crippen LogP contribution in [0.3, 0.4) is 0 Å². The Kier molecular flexibility index (Phi) is 4.13. The number of anilines is 2. The summed E-state index contributed by atoms with van der Waals surface area (Å²) in [5.74, 6) is 1.12. The van der Waals surface area contributed by atoms with Crippen molar-refractivity contribution >= 4 is 50.0 Å². The second kappa shape index (κ2) is 6.63. The zero-order chi connectivity index (χ0) is 17.5. The van der Waals surface area contributed by atoms with Crippen LogP contribution < -0.4 is 9.80 Å². The monoisotopic (exact) mass is 384 g/mol. The molecule has 3 aromatic heterocycles. The standard InChI is InChI=1S/C19H20N4OS2/c24-11-13-5-6-16(25-13)22-7-9-23(10-8-22)18-17-14-3-1-2-4-15(14)26-19(17)21-12-20-18/h5-6,11-12H,1-4,7-10H2. The van der Waals surface area contributed by atoms with E-state index in [-0.39, 0.29) is 0 Å². The number of hydrogen-bond acceptors (Lipinski definition) is 7. The number of rotatable bonds is 3. The van der Waals surface area contributed by atoms with E-state index in [1.54, 1.807) is 17.7 Å². The van der Waals surface area contributed by atoms with Crippen LogP contribution in [0.25, 0.3) is 10.2 Å². The van der Waals surface area contributed by atoms with Crippen molar-refractivity contribution in [3.63, 3.8) is 0 Å². The van der Waals surface area contributed by atoms with E-state index in [0.29, 0.717) is 0 Å². The first-order valence-corrected chi connectivity index (χ1v) is 10.8. The summed E-state index contributed by atoms with van der Waals surface area (Å²) in [5.41, 5.74) is 1.50. The highest BCUT2D eigenvalue weighted by Gasteiger charge is 2.25. The summed E-state index contributed by atoms with van der Waals surface area (Å²) in [4.78, 5) is 28.4. The lowest BCUT2D eigenvalue weighted by molar-refractivity contribution is 0.112. The fourth-order valence-electron chi connectivity index (χ4n) is 4.03. The van der Waals surface area contributed by atoms with E-state index in [0.717, 1.165) is 48.0 Å². The number of aldehydes is 1. The highest BCUT2D eigenvalue weighted by atomic mass is 32.1. The van der Waals surface area contributed by atoms with E-state index in [2.05, 4.69) is 25.8 Å². The second-order valence-corrected chi connectivity index (χ2v) is 9.03. The lowest BCUT2D eigenvalue weighted by Gasteiger charge is -2.36. The number of fused-ring (bicyclic) bond motifs is 3. The first-order chi connectivity index (χ1) is 12.8. The van der Waals surface area contributed by atoms with Gasteiger partial charge in [-0.05, 0) is 43.4 Å². The van der Waals surface area contributed by atoms with Crippen LogP contribution in [-0.2, 0) is 12.8 Å². The van der Waals surface area contributed by atoms with E-state index < -0.39 is 0 Å². The first-order valence-electron chi connectivity index (χ1n) is 9.13. The Hall–Kier alpha value is -1.99.